The lowest BCUT2D eigenvalue weighted by molar-refractivity contribution is -0.245. The molecular weight excluding hydrogens is 657 g/mol. The van der Waals surface area contributed by atoms with Crippen molar-refractivity contribution in [2.24, 2.45) is 0 Å². The lowest BCUT2D eigenvalue weighted by Gasteiger charge is -2.36. The molecule has 2 heterocycles. The van der Waals surface area contributed by atoms with E-state index < -0.39 is 24.3 Å². The number of amides is 3. The molecule has 0 radical (unpaired) electrons. The van der Waals surface area contributed by atoms with E-state index in [1.807, 2.05) is 103 Å². The zero-order chi connectivity index (χ0) is 34.9. The summed E-state index contributed by atoms with van der Waals surface area (Å²) in [4.78, 5) is 39.4. The topological polar surface area (TPSA) is 135 Å². The number of carbonyl (C=O) groups is 3. The van der Waals surface area contributed by atoms with E-state index in [0.29, 0.717) is 12.2 Å². The maximum Gasteiger partial charge on any atom is 0.408 e. The van der Waals surface area contributed by atoms with Crippen LogP contribution in [0.1, 0.15) is 53.1 Å². The minimum Gasteiger partial charge on any atom is -0.445 e. The molecule has 4 aromatic carbocycles. The summed E-state index contributed by atoms with van der Waals surface area (Å²) in [6.45, 7) is 0.237. The molecule has 2 aliphatic rings. The Morgan fingerprint density at radius 2 is 1.58 bits per heavy atom. The van der Waals surface area contributed by atoms with Crippen molar-refractivity contribution in [2.75, 3.05) is 18.1 Å². The minimum absolute atomic E-state index is 0.0203. The Hall–Kier alpha value is -4.52. The third kappa shape index (κ3) is 8.98. The van der Waals surface area contributed by atoms with Gasteiger partial charge in [0.1, 0.15) is 12.6 Å². The van der Waals surface area contributed by atoms with Crippen molar-refractivity contribution in [3.8, 4) is 11.1 Å². The third-order valence-electron chi connectivity index (χ3n) is 8.69. The number of thioether (sulfide) groups is 1. The number of hydrogen-bond donors (Lipinski definition) is 3. The van der Waals surface area contributed by atoms with Gasteiger partial charge in [0.15, 0.2) is 6.29 Å². The van der Waals surface area contributed by atoms with E-state index in [2.05, 4.69) is 5.32 Å². The summed E-state index contributed by atoms with van der Waals surface area (Å²) in [6.07, 6.45) is -1.05. The predicted molar refractivity (Wildman–Crippen MR) is 188 cm³/mol. The van der Waals surface area contributed by atoms with Gasteiger partial charge in [-0.15, -0.1) is 0 Å². The van der Waals surface area contributed by atoms with Crippen LogP contribution in [0.3, 0.4) is 0 Å². The summed E-state index contributed by atoms with van der Waals surface area (Å²) in [7, 11) is 0. The molecule has 3 amide bonds. The number of alkyl carbamates (subject to hydrolysis) is 1. The highest BCUT2D eigenvalue weighted by atomic mass is 32.2. The number of nitrogens with one attached hydrogen (secondary N) is 1. The number of imide groups is 1. The molecule has 0 aliphatic carbocycles. The fourth-order valence-corrected chi connectivity index (χ4v) is 6.81. The first kappa shape index (κ1) is 35.3. The second-order valence-corrected chi connectivity index (χ2v) is 13.4. The van der Waals surface area contributed by atoms with Crippen molar-refractivity contribution in [3.63, 3.8) is 0 Å². The Labute approximate surface area is 295 Å². The monoisotopic (exact) mass is 696 g/mol. The highest BCUT2D eigenvalue weighted by Crippen LogP contribution is 2.39. The van der Waals surface area contributed by atoms with Gasteiger partial charge in [-0.1, -0.05) is 97.1 Å². The maximum atomic E-state index is 13.1. The fourth-order valence-electron chi connectivity index (χ4n) is 6.04. The molecule has 0 spiro atoms. The number of nitrogens with zero attached hydrogens (tertiary/aromatic N) is 1. The second kappa shape index (κ2) is 16.9. The van der Waals surface area contributed by atoms with Gasteiger partial charge < -0.3 is 29.7 Å². The van der Waals surface area contributed by atoms with Gasteiger partial charge >= 0.3 is 6.09 Å². The van der Waals surface area contributed by atoms with E-state index in [1.54, 1.807) is 11.8 Å². The van der Waals surface area contributed by atoms with E-state index in [4.69, 9.17) is 14.2 Å². The van der Waals surface area contributed by atoms with Crippen LogP contribution in [0.25, 0.3) is 11.1 Å². The van der Waals surface area contributed by atoms with E-state index in [-0.39, 0.29) is 50.9 Å². The van der Waals surface area contributed by atoms with Gasteiger partial charge in [0.25, 0.3) is 5.91 Å². The van der Waals surface area contributed by atoms with E-state index in [9.17, 15) is 24.6 Å². The molecule has 4 atom stereocenters. The number of aliphatic hydroxyl groups is 2. The van der Waals surface area contributed by atoms with Crippen LogP contribution >= 0.6 is 11.8 Å². The Bertz CT molecular complexity index is 1750. The fraction of sp³-hybridized carbons (Fsp3) is 0.308. The molecule has 50 heavy (non-hydrogen) atoms. The van der Waals surface area contributed by atoms with Gasteiger partial charge in [0.2, 0.25) is 5.91 Å². The number of rotatable bonds is 13. The van der Waals surface area contributed by atoms with Gasteiger partial charge in [0.05, 0.1) is 38.4 Å². The first-order valence-corrected chi connectivity index (χ1v) is 17.8. The molecule has 3 N–H and O–H groups in total. The molecule has 2 aliphatic heterocycles. The van der Waals surface area contributed by atoms with Gasteiger partial charge in [-0.3, -0.25) is 14.5 Å². The van der Waals surface area contributed by atoms with Crippen molar-refractivity contribution in [1.82, 2.24) is 10.2 Å². The molecular formula is C39H40N2O8S. The number of aliphatic hydroxyl groups excluding tert-OH is 2. The molecule has 4 aromatic rings. The van der Waals surface area contributed by atoms with Gasteiger partial charge in [-0.2, -0.15) is 11.8 Å². The van der Waals surface area contributed by atoms with Crippen LogP contribution < -0.4 is 5.32 Å². The second-order valence-electron chi connectivity index (χ2n) is 12.3. The molecule has 6 rings (SSSR count). The van der Waals surface area contributed by atoms with Crippen molar-refractivity contribution < 1.29 is 38.8 Å². The van der Waals surface area contributed by atoms with Crippen LogP contribution in [0.2, 0.25) is 0 Å². The molecule has 0 bridgehead atoms. The van der Waals surface area contributed by atoms with Crippen molar-refractivity contribution in [2.45, 2.75) is 57.1 Å². The smallest absolute Gasteiger partial charge is 0.408 e. The molecule has 11 heteroatoms. The summed E-state index contributed by atoms with van der Waals surface area (Å²) in [5.41, 5.74) is 6.17. The first-order valence-electron chi connectivity index (χ1n) is 16.6. The van der Waals surface area contributed by atoms with Crippen molar-refractivity contribution in [1.29, 1.82) is 0 Å². The zero-order valence-electron chi connectivity index (χ0n) is 27.5. The summed E-state index contributed by atoms with van der Waals surface area (Å²) < 4.78 is 18.1. The molecule has 2 fully saturated rings. The summed E-state index contributed by atoms with van der Waals surface area (Å²) in [6, 6.07) is 31.6. The van der Waals surface area contributed by atoms with E-state index in [1.165, 1.54) is 4.90 Å². The van der Waals surface area contributed by atoms with Crippen LogP contribution in [-0.4, -0.2) is 63.3 Å². The van der Waals surface area contributed by atoms with Gasteiger partial charge in [-0.25, -0.2) is 4.79 Å². The summed E-state index contributed by atoms with van der Waals surface area (Å²) in [5, 5.41) is 21.3. The quantitative estimate of drug-likeness (QED) is 0.119. The number of benzene rings is 4. The maximum absolute atomic E-state index is 13.1. The van der Waals surface area contributed by atoms with Crippen molar-refractivity contribution in [3.05, 3.63) is 131 Å². The zero-order valence-corrected chi connectivity index (χ0v) is 28.3. The standard InChI is InChI=1S/C39H40N2O8S/c42-17-18-50-25-33-20-35(30-11-9-26(23-43)10-12-30)49-38(48-33)31-15-13-29(14-16-31)32-8-4-7-28(19-32)22-41-36(44)21-34(37(41)45)40-39(46)47-24-27-5-2-1-3-6-27/h1-16,19,33-35,38,42-43H,17-18,20-25H2,(H,40,46). The van der Waals surface area contributed by atoms with Crippen LogP contribution in [0, 0.1) is 0 Å². The largest absolute Gasteiger partial charge is 0.445 e. The molecule has 0 aromatic heterocycles. The number of ether oxygens (including phenoxy) is 3. The summed E-state index contributed by atoms with van der Waals surface area (Å²) >= 11 is 1.64. The van der Waals surface area contributed by atoms with Crippen molar-refractivity contribution >= 4 is 29.7 Å². The highest BCUT2D eigenvalue weighted by Gasteiger charge is 2.39. The van der Waals surface area contributed by atoms with Gasteiger partial charge in [0, 0.05) is 23.5 Å². The Balaban J connectivity index is 1.09. The SMILES string of the molecule is O=C(NC1CC(=O)N(Cc2cccc(-c3ccc(C4OC(CSCCO)CC(c5ccc(CO)cc5)O4)cc3)c2)C1=O)OCc1ccccc1. The van der Waals surface area contributed by atoms with Gasteiger partial charge in [-0.05, 0) is 39.4 Å². The third-order valence-corrected chi connectivity index (χ3v) is 9.77. The number of carbonyl (C=O) groups excluding carboxylic acids is 3. The molecule has 260 valence electrons. The predicted octanol–water partition coefficient (Wildman–Crippen LogP) is 5.67. The number of likely N-dealkylation sites (tertiary alicyclic amines) is 1. The highest BCUT2D eigenvalue weighted by molar-refractivity contribution is 7.99. The summed E-state index contributed by atoms with van der Waals surface area (Å²) in [5.74, 6) is 0.537. The molecule has 2 saturated heterocycles. The lowest BCUT2D eigenvalue weighted by atomic mass is 9.99. The minimum atomic E-state index is -0.974. The van der Waals surface area contributed by atoms with Crippen LogP contribution in [0.5, 0.6) is 0 Å². The van der Waals surface area contributed by atoms with Crippen LogP contribution in [0.4, 0.5) is 4.79 Å². The Morgan fingerprint density at radius 3 is 2.32 bits per heavy atom. The molecule has 10 nitrogen and oxygen atoms in total. The molecule has 0 saturated carbocycles. The lowest BCUT2D eigenvalue weighted by Crippen LogP contribution is -2.41. The normalized spacial score (nSPS) is 20.6. The van der Waals surface area contributed by atoms with E-state index in [0.717, 1.165) is 44.7 Å². The molecule has 4 unspecified atom stereocenters. The van der Waals surface area contributed by atoms with Crippen LogP contribution in [-0.2, 0) is 43.6 Å². The average Bonchev–Trinajstić information content (AvgIpc) is 3.41. The Morgan fingerprint density at radius 1 is 0.840 bits per heavy atom. The first-order chi connectivity index (χ1) is 24.4. The van der Waals surface area contributed by atoms with Crippen LogP contribution in [0.15, 0.2) is 103 Å². The number of hydrogen-bond acceptors (Lipinski definition) is 9. The average molecular weight is 697 g/mol. The van der Waals surface area contributed by atoms with E-state index >= 15 is 0 Å². The Kier molecular flexibility index (Phi) is 12.0.